The Labute approximate surface area is 95.6 Å². The first kappa shape index (κ1) is 11.5. The zero-order chi connectivity index (χ0) is 12.3. The number of benzene rings is 1. The fraction of sp³-hybridized carbons (Fsp3) is 0.200. The van der Waals surface area contributed by atoms with E-state index in [0.29, 0.717) is 0 Å². The van der Waals surface area contributed by atoms with E-state index < -0.39 is 11.6 Å². The van der Waals surface area contributed by atoms with Gasteiger partial charge in [-0.3, -0.25) is 0 Å². The molecule has 0 bridgehead atoms. The van der Waals surface area contributed by atoms with Crippen LogP contribution in [0, 0.1) is 11.6 Å². The largest absolute Gasteiger partial charge is 0.407 e. The average Bonchev–Trinajstić information content (AvgIpc) is 2.78. The number of halogens is 2. The van der Waals surface area contributed by atoms with Gasteiger partial charge in [-0.15, -0.1) is 5.10 Å². The van der Waals surface area contributed by atoms with Crippen LogP contribution in [0.3, 0.4) is 0 Å². The Morgan fingerprint density at radius 1 is 1.29 bits per heavy atom. The Morgan fingerprint density at radius 3 is 2.82 bits per heavy atom. The van der Waals surface area contributed by atoms with Crippen molar-refractivity contribution in [1.29, 1.82) is 0 Å². The summed E-state index contributed by atoms with van der Waals surface area (Å²) in [4.78, 5) is 0. The molecule has 0 fully saturated rings. The third kappa shape index (κ3) is 2.76. The minimum absolute atomic E-state index is 0.0514. The molecule has 0 amide bonds. The number of hydrogen-bond acceptors (Lipinski definition) is 5. The second-order valence-corrected chi connectivity index (χ2v) is 3.29. The highest BCUT2D eigenvalue weighted by molar-refractivity contribution is 5.25. The summed E-state index contributed by atoms with van der Waals surface area (Å²) < 4.78 is 31.2. The van der Waals surface area contributed by atoms with Crippen molar-refractivity contribution in [2.45, 2.75) is 13.1 Å². The maximum Gasteiger partial charge on any atom is 0.315 e. The second-order valence-electron chi connectivity index (χ2n) is 3.29. The fourth-order valence-electron chi connectivity index (χ4n) is 1.26. The maximum absolute atomic E-state index is 13.3. The number of nitrogens with one attached hydrogen (secondary N) is 1. The number of rotatable bonds is 4. The predicted octanol–water partition coefficient (Wildman–Crippen LogP) is 1.42. The quantitative estimate of drug-likeness (QED) is 0.845. The van der Waals surface area contributed by atoms with Crippen LogP contribution in [0.2, 0.25) is 0 Å². The monoisotopic (exact) mass is 240 g/mol. The second kappa shape index (κ2) is 4.88. The van der Waals surface area contributed by atoms with Crippen molar-refractivity contribution in [3.05, 3.63) is 41.3 Å². The lowest BCUT2D eigenvalue weighted by Crippen LogP contribution is -2.02. The van der Waals surface area contributed by atoms with E-state index in [9.17, 15) is 8.78 Å². The van der Waals surface area contributed by atoms with Crippen LogP contribution in [0.5, 0.6) is 0 Å². The van der Waals surface area contributed by atoms with Gasteiger partial charge in [0.2, 0.25) is 5.89 Å². The number of anilines is 1. The molecule has 0 saturated carbocycles. The molecule has 7 heteroatoms. The summed E-state index contributed by atoms with van der Waals surface area (Å²) in [5.41, 5.74) is 5.46. The van der Waals surface area contributed by atoms with Crippen molar-refractivity contribution >= 4 is 6.01 Å². The molecule has 0 aliphatic carbocycles. The lowest BCUT2D eigenvalue weighted by molar-refractivity contribution is 0.506. The smallest absolute Gasteiger partial charge is 0.315 e. The van der Waals surface area contributed by atoms with E-state index in [0.717, 1.165) is 18.2 Å². The van der Waals surface area contributed by atoms with E-state index in [1.165, 1.54) is 0 Å². The van der Waals surface area contributed by atoms with E-state index in [-0.39, 0.29) is 30.6 Å². The van der Waals surface area contributed by atoms with Crippen LogP contribution in [0.1, 0.15) is 11.5 Å². The standard InChI is InChI=1S/C10H10F2N4O/c11-7-1-2-8(12)6(3-7)5-14-10-16-15-9(4-13)17-10/h1-3H,4-5,13H2,(H,14,16). The molecule has 0 saturated heterocycles. The molecule has 1 heterocycles. The summed E-state index contributed by atoms with van der Waals surface area (Å²) in [6, 6.07) is 3.33. The Balaban J connectivity index is 2.04. The molecule has 2 aromatic rings. The molecule has 0 aliphatic rings. The summed E-state index contributed by atoms with van der Waals surface area (Å²) in [5, 5.41) is 9.93. The average molecular weight is 240 g/mol. The lowest BCUT2D eigenvalue weighted by Gasteiger charge is -2.03. The Hall–Kier alpha value is -2.02. The Kier molecular flexibility index (Phi) is 3.29. The first-order valence-corrected chi connectivity index (χ1v) is 4.89. The molecule has 90 valence electrons. The van der Waals surface area contributed by atoms with Crippen LogP contribution in [0.4, 0.5) is 14.8 Å². The van der Waals surface area contributed by atoms with Gasteiger partial charge in [0.05, 0.1) is 6.54 Å². The molecule has 1 aromatic heterocycles. The molecule has 3 N–H and O–H groups in total. The molecule has 17 heavy (non-hydrogen) atoms. The molecule has 2 rings (SSSR count). The van der Waals surface area contributed by atoms with E-state index in [1.807, 2.05) is 0 Å². The van der Waals surface area contributed by atoms with Gasteiger partial charge >= 0.3 is 6.01 Å². The van der Waals surface area contributed by atoms with Gasteiger partial charge in [0.15, 0.2) is 0 Å². The SMILES string of the molecule is NCc1nnc(NCc2cc(F)ccc2F)o1. The number of nitrogens with two attached hydrogens (primary N) is 1. The molecule has 0 aliphatic heterocycles. The maximum atomic E-state index is 13.3. The van der Waals surface area contributed by atoms with Crippen molar-refractivity contribution in [2.24, 2.45) is 5.73 Å². The highest BCUT2D eigenvalue weighted by Gasteiger charge is 2.07. The van der Waals surface area contributed by atoms with Crippen molar-refractivity contribution in [2.75, 3.05) is 5.32 Å². The van der Waals surface area contributed by atoms with Gasteiger partial charge < -0.3 is 15.5 Å². The van der Waals surface area contributed by atoms with Gasteiger partial charge in [0.25, 0.3) is 0 Å². The predicted molar refractivity (Wildman–Crippen MR) is 55.9 cm³/mol. The van der Waals surface area contributed by atoms with Crippen molar-refractivity contribution < 1.29 is 13.2 Å². The van der Waals surface area contributed by atoms with Gasteiger partial charge in [0, 0.05) is 12.1 Å². The Morgan fingerprint density at radius 2 is 2.12 bits per heavy atom. The molecule has 0 radical (unpaired) electrons. The third-order valence-electron chi connectivity index (χ3n) is 2.08. The van der Waals surface area contributed by atoms with Gasteiger partial charge in [0.1, 0.15) is 11.6 Å². The van der Waals surface area contributed by atoms with Gasteiger partial charge in [-0.1, -0.05) is 5.10 Å². The van der Waals surface area contributed by atoms with E-state index in [1.54, 1.807) is 0 Å². The number of hydrogen-bond donors (Lipinski definition) is 2. The summed E-state index contributed by atoms with van der Waals surface area (Å²) >= 11 is 0. The van der Waals surface area contributed by atoms with Gasteiger partial charge in [-0.25, -0.2) is 8.78 Å². The summed E-state index contributed by atoms with van der Waals surface area (Å²) in [7, 11) is 0. The fourth-order valence-corrected chi connectivity index (χ4v) is 1.26. The van der Waals surface area contributed by atoms with Crippen molar-refractivity contribution in [3.63, 3.8) is 0 Å². The van der Waals surface area contributed by atoms with Crippen LogP contribution >= 0.6 is 0 Å². The molecule has 0 atom stereocenters. The summed E-state index contributed by atoms with van der Waals surface area (Å²) in [5.74, 6) is -0.735. The van der Waals surface area contributed by atoms with Crippen LogP contribution < -0.4 is 11.1 Å². The highest BCUT2D eigenvalue weighted by atomic mass is 19.1. The minimum atomic E-state index is -0.503. The first-order valence-electron chi connectivity index (χ1n) is 4.89. The van der Waals surface area contributed by atoms with Crippen LogP contribution in [0.15, 0.2) is 22.6 Å². The molecular weight excluding hydrogens is 230 g/mol. The molecule has 1 aromatic carbocycles. The van der Waals surface area contributed by atoms with E-state index >= 15 is 0 Å². The number of aromatic nitrogens is 2. The summed E-state index contributed by atoms with van der Waals surface area (Å²) in [6.07, 6.45) is 0. The van der Waals surface area contributed by atoms with Crippen LogP contribution in [0.25, 0.3) is 0 Å². The normalized spacial score (nSPS) is 10.5. The molecular formula is C10H10F2N4O. The minimum Gasteiger partial charge on any atom is -0.407 e. The van der Waals surface area contributed by atoms with E-state index in [4.69, 9.17) is 10.2 Å². The van der Waals surface area contributed by atoms with Crippen molar-refractivity contribution in [3.8, 4) is 0 Å². The third-order valence-corrected chi connectivity index (χ3v) is 2.08. The zero-order valence-corrected chi connectivity index (χ0v) is 8.78. The zero-order valence-electron chi connectivity index (χ0n) is 8.78. The topological polar surface area (TPSA) is 77.0 Å². The van der Waals surface area contributed by atoms with Crippen molar-refractivity contribution in [1.82, 2.24) is 10.2 Å². The van der Waals surface area contributed by atoms with Crippen LogP contribution in [-0.4, -0.2) is 10.2 Å². The number of nitrogens with zero attached hydrogens (tertiary/aromatic N) is 2. The molecule has 5 nitrogen and oxygen atoms in total. The lowest BCUT2D eigenvalue weighted by atomic mass is 10.2. The van der Waals surface area contributed by atoms with Crippen LogP contribution in [-0.2, 0) is 13.1 Å². The Bertz CT molecular complexity index is 515. The molecule has 0 spiro atoms. The van der Waals surface area contributed by atoms with Gasteiger partial charge in [-0.2, -0.15) is 0 Å². The van der Waals surface area contributed by atoms with E-state index in [2.05, 4.69) is 15.5 Å². The molecule has 0 unspecified atom stereocenters. The first-order chi connectivity index (χ1) is 8.19. The summed E-state index contributed by atoms with van der Waals surface area (Å²) in [6.45, 7) is 0.179. The highest BCUT2D eigenvalue weighted by Crippen LogP contribution is 2.12. The van der Waals surface area contributed by atoms with Gasteiger partial charge in [-0.05, 0) is 18.2 Å².